The molecule has 4 nitrogen and oxygen atoms in total. The largest absolute Gasteiger partial charge is 0.465 e. The number of carbonyl (C=O) groups excluding carboxylic acids is 1. The third-order valence-electron chi connectivity index (χ3n) is 2.79. The fourth-order valence-electron chi connectivity index (χ4n) is 1.60. The molecule has 0 radical (unpaired) electrons. The zero-order chi connectivity index (χ0) is 13.6. The summed E-state index contributed by atoms with van der Waals surface area (Å²) < 4.78 is 4.89. The first-order chi connectivity index (χ1) is 8.47. The van der Waals surface area contributed by atoms with Crippen LogP contribution in [0.15, 0.2) is 30.3 Å². The van der Waals surface area contributed by atoms with E-state index in [1.165, 1.54) is 0 Å². The highest BCUT2D eigenvalue weighted by molar-refractivity contribution is 5.75. The Kier molecular flexibility index (Phi) is 5.31. The van der Waals surface area contributed by atoms with Crippen LogP contribution in [0.25, 0.3) is 0 Å². The minimum absolute atomic E-state index is 0.289. The first kappa shape index (κ1) is 14.7. The summed E-state index contributed by atoms with van der Waals surface area (Å²) in [6.07, 6.45) is 0. The third kappa shape index (κ3) is 4.13. The molecule has 0 saturated heterocycles. The number of rotatable bonds is 6. The van der Waals surface area contributed by atoms with Gasteiger partial charge in [-0.2, -0.15) is 0 Å². The Morgan fingerprint density at radius 1 is 1.44 bits per heavy atom. The number of hydrogen-bond acceptors (Lipinski definition) is 4. The van der Waals surface area contributed by atoms with Gasteiger partial charge < -0.3 is 15.2 Å². The van der Waals surface area contributed by atoms with Crippen LogP contribution in [0.2, 0.25) is 0 Å². The molecule has 0 fully saturated rings. The van der Waals surface area contributed by atoms with Crippen molar-refractivity contribution >= 4 is 5.97 Å². The Bertz CT molecular complexity index is 376. The van der Waals surface area contributed by atoms with E-state index >= 15 is 0 Å². The molecule has 0 aliphatic carbocycles. The molecule has 1 aromatic rings. The number of benzene rings is 1. The van der Waals surface area contributed by atoms with Gasteiger partial charge >= 0.3 is 5.97 Å². The zero-order valence-corrected chi connectivity index (χ0v) is 11.1. The van der Waals surface area contributed by atoms with E-state index in [4.69, 9.17) is 4.74 Å². The van der Waals surface area contributed by atoms with Gasteiger partial charge in [0, 0.05) is 6.54 Å². The van der Waals surface area contributed by atoms with Crippen LogP contribution < -0.4 is 5.32 Å². The third-order valence-corrected chi connectivity index (χ3v) is 2.79. The Hall–Kier alpha value is -1.39. The van der Waals surface area contributed by atoms with Crippen molar-refractivity contribution < 1.29 is 14.6 Å². The summed E-state index contributed by atoms with van der Waals surface area (Å²) in [4.78, 5) is 11.4. The smallest absolute Gasteiger partial charge is 0.322 e. The summed E-state index contributed by atoms with van der Waals surface area (Å²) in [5.74, 6) is -0.304. The molecule has 4 heteroatoms. The molecule has 18 heavy (non-hydrogen) atoms. The lowest BCUT2D eigenvalue weighted by Gasteiger charge is -2.26. The summed E-state index contributed by atoms with van der Waals surface area (Å²) in [6.45, 7) is 5.86. The molecule has 0 aliphatic heterocycles. The van der Waals surface area contributed by atoms with Crippen LogP contribution in [-0.2, 0) is 15.1 Å². The van der Waals surface area contributed by atoms with Crippen molar-refractivity contribution in [1.82, 2.24) is 5.32 Å². The van der Waals surface area contributed by atoms with E-state index in [9.17, 15) is 9.90 Å². The summed E-state index contributed by atoms with van der Waals surface area (Å²) in [6, 6.07) is 8.93. The summed E-state index contributed by atoms with van der Waals surface area (Å²) in [5, 5.41) is 13.3. The van der Waals surface area contributed by atoms with Crippen LogP contribution in [0, 0.1) is 0 Å². The fourth-order valence-corrected chi connectivity index (χ4v) is 1.60. The molecule has 2 N–H and O–H groups in total. The Balaban J connectivity index is 2.54. The molecule has 0 bridgehead atoms. The van der Waals surface area contributed by atoms with Gasteiger partial charge in [-0.15, -0.1) is 0 Å². The van der Waals surface area contributed by atoms with Gasteiger partial charge in [0.2, 0.25) is 0 Å². The van der Waals surface area contributed by atoms with E-state index in [0.29, 0.717) is 6.61 Å². The average molecular weight is 251 g/mol. The Morgan fingerprint density at radius 2 is 2.06 bits per heavy atom. The number of aliphatic hydroxyl groups is 1. The molecule has 0 aliphatic rings. The van der Waals surface area contributed by atoms with Gasteiger partial charge in [0.05, 0.1) is 12.2 Å². The van der Waals surface area contributed by atoms with Crippen LogP contribution in [0.5, 0.6) is 0 Å². The molecule has 100 valence electrons. The van der Waals surface area contributed by atoms with Gasteiger partial charge in [0.25, 0.3) is 0 Å². The molecule has 2 atom stereocenters. The van der Waals surface area contributed by atoms with Gasteiger partial charge in [0.1, 0.15) is 6.04 Å². The molecule has 0 heterocycles. The van der Waals surface area contributed by atoms with E-state index in [-0.39, 0.29) is 12.5 Å². The molecule has 1 rings (SSSR count). The van der Waals surface area contributed by atoms with E-state index in [1.54, 1.807) is 20.8 Å². The lowest BCUT2D eigenvalue weighted by Crippen LogP contribution is -2.43. The van der Waals surface area contributed by atoms with Crippen molar-refractivity contribution in [1.29, 1.82) is 0 Å². The fraction of sp³-hybridized carbons (Fsp3) is 0.500. The van der Waals surface area contributed by atoms with Crippen molar-refractivity contribution in [3.63, 3.8) is 0 Å². The van der Waals surface area contributed by atoms with Crippen LogP contribution in [-0.4, -0.2) is 30.3 Å². The second-order valence-electron chi connectivity index (χ2n) is 4.49. The zero-order valence-electron chi connectivity index (χ0n) is 11.1. The van der Waals surface area contributed by atoms with Gasteiger partial charge in [-0.25, -0.2) is 0 Å². The van der Waals surface area contributed by atoms with E-state index in [0.717, 1.165) is 5.56 Å². The van der Waals surface area contributed by atoms with Gasteiger partial charge in [-0.3, -0.25) is 4.79 Å². The summed E-state index contributed by atoms with van der Waals surface area (Å²) in [5.41, 5.74) is -0.198. The molecule has 0 spiro atoms. The van der Waals surface area contributed by atoms with Crippen LogP contribution in [0.3, 0.4) is 0 Å². The highest BCUT2D eigenvalue weighted by Gasteiger charge is 2.24. The first-order valence-electron chi connectivity index (χ1n) is 6.15. The predicted octanol–water partition coefficient (Wildman–Crippen LogP) is 1.44. The second-order valence-corrected chi connectivity index (χ2v) is 4.49. The maximum atomic E-state index is 11.4. The molecule has 2 unspecified atom stereocenters. The predicted molar refractivity (Wildman–Crippen MR) is 70.1 cm³/mol. The van der Waals surface area contributed by atoms with Crippen molar-refractivity contribution in [2.24, 2.45) is 0 Å². The van der Waals surface area contributed by atoms with Gasteiger partial charge in [0.15, 0.2) is 0 Å². The molecule has 1 aromatic carbocycles. The summed E-state index contributed by atoms with van der Waals surface area (Å²) >= 11 is 0. The normalized spacial score (nSPS) is 15.8. The highest BCUT2D eigenvalue weighted by Crippen LogP contribution is 2.19. The molecule has 0 amide bonds. The van der Waals surface area contributed by atoms with E-state index < -0.39 is 11.6 Å². The first-order valence-corrected chi connectivity index (χ1v) is 6.15. The molecule has 0 saturated carbocycles. The van der Waals surface area contributed by atoms with Crippen LogP contribution in [0.1, 0.15) is 26.3 Å². The van der Waals surface area contributed by atoms with Crippen LogP contribution >= 0.6 is 0 Å². The maximum absolute atomic E-state index is 11.4. The second kappa shape index (κ2) is 6.52. The minimum atomic E-state index is -1.01. The SMILES string of the molecule is CCOC(=O)C(C)NCC(C)(O)c1ccccc1. The van der Waals surface area contributed by atoms with Crippen molar-refractivity contribution in [2.45, 2.75) is 32.4 Å². The number of ether oxygens (including phenoxy) is 1. The lowest BCUT2D eigenvalue weighted by atomic mass is 9.96. The molecular weight excluding hydrogens is 230 g/mol. The quantitative estimate of drug-likeness (QED) is 0.751. The average Bonchev–Trinajstić information content (AvgIpc) is 2.37. The van der Waals surface area contributed by atoms with Crippen molar-refractivity contribution in [3.05, 3.63) is 35.9 Å². The standard InChI is InChI=1S/C14H21NO3/c1-4-18-13(16)11(2)15-10-14(3,17)12-8-6-5-7-9-12/h5-9,11,15,17H,4,10H2,1-3H3. The van der Waals surface area contributed by atoms with Gasteiger partial charge in [-0.05, 0) is 26.3 Å². The number of hydrogen-bond donors (Lipinski definition) is 2. The number of carbonyl (C=O) groups is 1. The highest BCUT2D eigenvalue weighted by atomic mass is 16.5. The molecule has 0 aromatic heterocycles. The van der Waals surface area contributed by atoms with E-state index in [1.807, 2.05) is 30.3 Å². The van der Waals surface area contributed by atoms with Crippen molar-refractivity contribution in [3.8, 4) is 0 Å². The lowest BCUT2D eigenvalue weighted by molar-refractivity contribution is -0.145. The number of esters is 1. The van der Waals surface area contributed by atoms with Crippen molar-refractivity contribution in [2.75, 3.05) is 13.2 Å². The van der Waals surface area contributed by atoms with E-state index in [2.05, 4.69) is 5.32 Å². The minimum Gasteiger partial charge on any atom is -0.465 e. The topological polar surface area (TPSA) is 58.6 Å². The Morgan fingerprint density at radius 3 is 2.61 bits per heavy atom. The maximum Gasteiger partial charge on any atom is 0.322 e. The van der Waals surface area contributed by atoms with Crippen LogP contribution in [0.4, 0.5) is 0 Å². The summed E-state index contributed by atoms with van der Waals surface area (Å²) in [7, 11) is 0. The Labute approximate surface area is 108 Å². The molecular formula is C14H21NO3. The number of nitrogens with one attached hydrogen (secondary N) is 1. The van der Waals surface area contributed by atoms with Gasteiger partial charge in [-0.1, -0.05) is 30.3 Å². The monoisotopic (exact) mass is 251 g/mol.